The third-order valence-corrected chi connectivity index (χ3v) is 7.19. The molecule has 196 valence electrons. The molecule has 0 radical (unpaired) electrons. The summed E-state index contributed by atoms with van der Waals surface area (Å²) in [5.41, 5.74) is 3.29. The van der Waals surface area contributed by atoms with Crippen LogP contribution in [-0.4, -0.2) is 93.1 Å². The molecule has 36 heavy (non-hydrogen) atoms. The number of nitrogens with zero attached hydrogens (tertiary/aromatic N) is 4. The van der Waals surface area contributed by atoms with Gasteiger partial charge < -0.3 is 14.6 Å². The molecule has 1 N–H and O–H groups in total. The first kappa shape index (κ1) is 26.3. The number of rotatable bonds is 9. The van der Waals surface area contributed by atoms with Gasteiger partial charge in [-0.3, -0.25) is 19.5 Å². The van der Waals surface area contributed by atoms with Gasteiger partial charge in [-0.2, -0.15) is 5.10 Å². The Hall–Kier alpha value is -2.79. The first-order valence-corrected chi connectivity index (χ1v) is 12.6. The first-order valence-electron chi connectivity index (χ1n) is 12.6. The topological polar surface area (TPSA) is 99.7 Å². The summed E-state index contributed by atoms with van der Waals surface area (Å²) >= 11 is 0. The molecule has 4 rings (SSSR count). The highest BCUT2D eigenvalue weighted by atomic mass is 17.2. The summed E-state index contributed by atoms with van der Waals surface area (Å²) in [6.45, 7) is 13.2. The van der Waals surface area contributed by atoms with Crippen molar-refractivity contribution in [1.29, 1.82) is 0 Å². The van der Waals surface area contributed by atoms with Crippen molar-refractivity contribution in [2.24, 2.45) is 5.10 Å². The fourth-order valence-corrected chi connectivity index (χ4v) is 5.13. The van der Waals surface area contributed by atoms with Crippen LogP contribution in [0.5, 0.6) is 0 Å². The number of aromatic amines is 1. The van der Waals surface area contributed by atoms with Gasteiger partial charge in [0, 0.05) is 69.2 Å². The Labute approximate surface area is 211 Å². The molecule has 2 aliphatic rings. The van der Waals surface area contributed by atoms with Gasteiger partial charge in [0.05, 0.1) is 31.0 Å². The second-order valence-electron chi connectivity index (χ2n) is 9.45. The summed E-state index contributed by atoms with van der Waals surface area (Å²) < 4.78 is 5.52. The van der Waals surface area contributed by atoms with Crippen molar-refractivity contribution in [1.82, 2.24) is 14.8 Å². The molecule has 0 unspecified atom stereocenters. The number of hydrogen-bond acceptors (Lipinski definition) is 8. The number of aryl methyl sites for hydroxylation is 1. The predicted octanol–water partition coefficient (Wildman–Crippen LogP) is 2.47. The molecule has 10 heteroatoms. The summed E-state index contributed by atoms with van der Waals surface area (Å²) in [5.74, 6) is 0.00995. The van der Waals surface area contributed by atoms with E-state index in [1.165, 1.54) is 7.11 Å². The quantitative estimate of drug-likeness (QED) is 0.245. The fraction of sp³-hybridized carbons (Fsp3) is 0.577. The minimum atomic E-state index is -0.163. The Kier molecular flexibility index (Phi) is 8.73. The summed E-state index contributed by atoms with van der Waals surface area (Å²) in [6, 6.07) is 3.89. The average molecular weight is 500 g/mol. The first-order chi connectivity index (χ1) is 17.4. The monoisotopic (exact) mass is 499 g/mol. The van der Waals surface area contributed by atoms with Gasteiger partial charge in [0.1, 0.15) is 0 Å². The van der Waals surface area contributed by atoms with E-state index in [1.54, 1.807) is 6.92 Å². The lowest BCUT2D eigenvalue weighted by Crippen LogP contribution is -2.49. The summed E-state index contributed by atoms with van der Waals surface area (Å²) in [5, 5.41) is 6.98. The van der Waals surface area contributed by atoms with Crippen LogP contribution in [0, 0.1) is 13.8 Å². The summed E-state index contributed by atoms with van der Waals surface area (Å²) in [6.07, 6.45) is 2.48. The van der Waals surface area contributed by atoms with Crippen molar-refractivity contribution in [2.45, 2.75) is 39.2 Å². The van der Waals surface area contributed by atoms with Crippen molar-refractivity contribution >= 4 is 29.2 Å². The van der Waals surface area contributed by atoms with Crippen molar-refractivity contribution in [2.75, 3.05) is 64.7 Å². The third-order valence-electron chi connectivity index (χ3n) is 7.19. The Morgan fingerprint density at radius 1 is 1.22 bits per heavy atom. The highest BCUT2D eigenvalue weighted by Crippen LogP contribution is 2.33. The predicted molar refractivity (Wildman–Crippen MR) is 140 cm³/mol. The van der Waals surface area contributed by atoms with E-state index in [9.17, 15) is 9.59 Å². The Balaban J connectivity index is 1.60. The molecule has 1 aromatic carbocycles. The molecule has 2 aromatic rings. The number of benzene rings is 1. The molecule has 0 aliphatic carbocycles. The van der Waals surface area contributed by atoms with Crippen LogP contribution < -0.4 is 10.6 Å². The van der Waals surface area contributed by atoms with Crippen LogP contribution in [0.1, 0.15) is 40.7 Å². The molecule has 0 spiro atoms. The van der Waals surface area contributed by atoms with E-state index in [4.69, 9.17) is 9.62 Å². The Bertz CT molecular complexity index is 1140. The van der Waals surface area contributed by atoms with E-state index < -0.39 is 0 Å². The van der Waals surface area contributed by atoms with Crippen molar-refractivity contribution < 1.29 is 19.3 Å². The van der Waals surface area contributed by atoms with Gasteiger partial charge in [-0.1, -0.05) is 0 Å². The molecule has 3 heterocycles. The van der Waals surface area contributed by atoms with Gasteiger partial charge in [0.15, 0.2) is 0 Å². The second-order valence-corrected chi connectivity index (χ2v) is 9.45. The number of aromatic nitrogens is 1. The van der Waals surface area contributed by atoms with Gasteiger partial charge in [-0.15, -0.1) is 0 Å². The van der Waals surface area contributed by atoms with E-state index in [0.717, 1.165) is 49.8 Å². The third kappa shape index (κ3) is 5.62. The number of amides is 1. The molecular formula is C26H37N5O5. The number of anilines is 1. The summed E-state index contributed by atoms with van der Waals surface area (Å²) in [7, 11) is 1.51. The second kappa shape index (κ2) is 12.0. The Morgan fingerprint density at radius 2 is 1.94 bits per heavy atom. The smallest absolute Gasteiger partial charge is 0.254 e. The number of fused-ring (bicyclic) bond motifs is 1. The number of hydrogen-bond donors (Lipinski definition) is 1. The van der Waals surface area contributed by atoms with E-state index in [0.29, 0.717) is 55.2 Å². The van der Waals surface area contributed by atoms with Crippen LogP contribution in [0.4, 0.5) is 5.69 Å². The number of hydrazone groups is 1. The molecule has 1 aromatic heterocycles. The average Bonchev–Trinajstić information content (AvgIpc) is 2.89. The molecule has 10 nitrogen and oxygen atoms in total. The van der Waals surface area contributed by atoms with E-state index in [2.05, 4.69) is 26.6 Å². The van der Waals surface area contributed by atoms with Crippen LogP contribution in [0.3, 0.4) is 0 Å². The maximum atomic E-state index is 13.6. The van der Waals surface area contributed by atoms with Crippen LogP contribution in [-0.2, 0) is 14.5 Å². The van der Waals surface area contributed by atoms with Crippen LogP contribution >= 0.6 is 0 Å². The van der Waals surface area contributed by atoms with Gasteiger partial charge in [-0.05, 0) is 50.8 Å². The molecule has 1 amide bonds. The SMILES string of the molecule is C=NN(c1c(C)c(=O)[nH]c2cc(C)c(C(=O)N3CCN(CCCOOC)CC3)cc12)C1CCOCC1. The maximum Gasteiger partial charge on any atom is 0.254 e. The van der Waals surface area contributed by atoms with Gasteiger partial charge in [0.25, 0.3) is 11.5 Å². The largest absolute Gasteiger partial charge is 0.381 e. The molecule has 0 saturated carbocycles. The number of piperazine rings is 1. The number of pyridine rings is 1. The van der Waals surface area contributed by atoms with Crippen molar-refractivity contribution in [3.8, 4) is 0 Å². The van der Waals surface area contributed by atoms with Gasteiger partial charge in [-0.25, -0.2) is 9.78 Å². The lowest BCUT2D eigenvalue weighted by molar-refractivity contribution is -0.273. The lowest BCUT2D eigenvalue weighted by Gasteiger charge is -2.35. The van der Waals surface area contributed by atoms with Gasteiger partial charge in [0.2, 0.25) is 0 Å². The zero-order chi connectivity index (χ0) is 25.7. The molecule has 0 bridgehead atoms. The van der Waals surface area contributed by atoms with E-state index >= 15 is 0 Å². The van der Waals surface area contributed by atoms with Gasteiger partial charge >= 0.3 is 0 Å². The zero-order valence-electron chi connectivity index (χ0n) is 21.5. The number of carbonyl (C=O) groups is 1. The minimum absolute atomic E-state index is 0.00995. The maximum absolute atomic E-state index is 13.6. The number of nitrogens with one attached hydrogen (secondary N) is 1. The normalized spacial score (nSPS) is 17.5. The molecule has 2 saturated heterocycles. The zero-order valence-corrected chi connectivity index (χ0v) is 21.5. The molecule has 2 fully saturated rings. The highest BCUT2D eigenvalue weighted by molar-refractivity contribution is 6.03. The molecule has 0 atom stereocenters. The standard InChI is InChI=1S/C26H37N5O5/c1-18-16-23-22(24(19(2)25(32)28-23)31(27-3)20-6-14-35-15-7-20)17-21(18)26(33)30-11-9-29(10-12-30)8-5-13-36-34-4/h16-17,20H,3,5-15H2,1-2,4H3,(H,28,32). The summed E-state index contributed by atoms with van der Waals surface area (Å²) in [4.78, 5) is 43.2. The van der Waals surface area contributed by atoms with Crippen LogP contribution in [0.15, 0.2) is 22.0 Å². The number of carbonyl (C=O) groups excluding carboxylic acids is 1. The lowest BCUT2D eigenvalue weighted by atomic mass is 9.99. The number of H-pyrrole nitrogens is 1. The molecular weight excluding hydrogens is 462 g/mol. The minimum Gasteiger partial charge on any atom is -0.381 e. The molecule has 2 aliphatic heterocycles. The Morgan fingerprint density at radius 3 is 2.61 bits per heavy atom. The van der Waals surface area contributed by atoms with Crippen LogP contribution in [0.2, 0.25) is 0 Å². The van der Waals surface area contributed by atoms with Crippen molar-refractivity contribution in [3.05, 3.63) is 39.2 Å². The van der Waals surface area contributed by atoms with E-state index in [-0.39, 0.29) is 17.5 Å². The highest BCUT2D eigenvalue weighted by Gasteiger charge is 2.28. The van der Waals surface area contributed by atoms with Crippen LogP contribution in [0.25, 0.3) is 10.9 Å². The number of ether oxygens (including phenoxy) is 1. The van der Waals surface area contributed by atoms with Crippen molar-refractivity contribution in [3.63, 3.8) is 0 Å². The van der Waals surface area contributed by atoms with E-state index in [1.807, 2.05) is 29.0 Å². The fourth-order valence-electron chi connectivity index (χ4n) is 5.13.